The first kappa shape index (κ1) is 27.6. The highest BCUT2D eigenvalue weighted by molar-refractivity contribution is 14.1. The number of benzene rings is 3. The summed E-state index contributed by atoms with van der Waals surface area (Å²) in [5, 5.41) is 2.24. The third-order valence-electron chi connectivity index (χ3n) is 5.56. The lowest BCUT2D eigenvalue weighted by atomic mass is 10.1. The summed E-state index contributed by atoms with van der Waals surface area (Å²) in [6, 6.07) is 16.9. The number of amides is 4. The molecule has 0 radical (unpaired) electrons. The van der Waals surface area contributed by atoms with Crippen molar-refractivity contribution in [1.29, 1.82) is 0 Å². The minimum Gasteiger partial charge on any atom is -0.494 e. The standard InChI is InChI=1S/C28H24BrIN2O6/c1-3-12-37-20-10-8-19(9-11-20)32-27(34)21(26(33)31-28(32)35)13-17-14-23(30)25(24(15-17)36-2)38-16-18-6-4-5-7-22(18)29/h4-11,13-15H,3,12,16H2,1-2H3,(H,31,33,35)/b21-13-. The molecule has 196 valence electrons. The van der Waals surface area contributed by atoms with Crippen LogP contribution in [0.1, 0.15) is 24.5 Å². The molecule has 3 aromatic carbocycles. The SMILES string of the molecule is CCCOc1ccc(N2C(=O)NC(=O)/C(=C/c3cc(I)c(OCc4ccccc4Br)c(OC)c3)C2=O)cc1. The fraction of sp³-hybridized carbons (Fsp3) is 0.179. The first-order chi connectivity index (χ1) is 18.3. The third kappa shape index (κ3) is 6.18. The second-order valence-electron chi connectivity index (χ2n) is 8.21. The van der Waals surface area contributed by atoms with Gasteiger partial charge >= 0.3 is 6.03 Å². The van der Waals surface area contributed by atoms with Gasteiger partial charge in [0.2, 0.25) is 0 Å². The fourth-order valence-electron chi connectivity index (χ4n) is 3.70. The van der Waals surface area contributed by atoms with E-state index in [1.54, 1.807) is 36.4 Å². The smallest absolute Gasteiger partial charge is 0.335 e. The predicted octanol–water partition coefficient (Wildman–Crippen LogP) is 6.10. The van der Waals surface area contributed by atoms with E-state index in [1.807, 2.05) is 31.2 Å². The second kappa shape index (κ2) is 12.4. The lowest BCUT2D eigenvalue weighted by Gasteiger charge is -2.26. The van der Waals surface area contributed by atoms with Crippen molar-refractivity contribution >= 4 is 68.1 Å². The highest BCUT2D eigenvalue weighted by atomic mass is 127. The summed E-state index contributed by atoms with van der Waals surface area (Å²) < 4.78 is 18.8. The van der Waals surface area contributed by atoms with Gasteiger partial charge in [-0.3, -0.25) is 14.9 Å². The number of imide groups is 2. The topological polar surface area (TPSA) is 94.2 Å². The van der Waals surface area contributed by atoms with E-state index < -0.39 is 17.8 Å². The normalized spacial score (nSPS) is 14.5. The van der Waals surface area contributed by atoms with Gasteiger partial charge in [-0.15, -0.1) is 0 Å². The molecule has 4 rings (SSSR count). The largest absolute Gasteiger partial charge is 0.494 e. The van der Waals surface area contributed by atoms with Crippen molar-refractivity contribution in [3.8, 4) is 17.2 Å². The number of barbiturate groups is 1. The Bertz CT molecular complexity index is 1410. The van der Waals surface area contributed by atoms with Gasteiger partial charge in [0.25, 0.3) is 11.8 Å². The quantitative estimate of drug-likeness (QED) is 0.166. The van der Waals surface area contributed by atoms with E-state index >= 15 is 0 Å². The van der Waals surface area contributed by atoms with E-state index in [9.17, 15) is 14.4 Å². The van der Waals surface area contributed by atoms with Crippen molar-refractivity contribution in [1.82, 2.24) is 5.32 Å². The summed E-state index contributed by atoms with van der Waals surface area (Å²) in [6.07, 6.45) is 2.28. The number of carbonyl (C=O) groups is 3. The molecule has 0 saturated carbocycles. The zero-order valence-corrected chi connectivity index (χ0v) is 24.4. The van der Waals surface area contributed by atoms with Crippen LogP contribution in [0.5, 0.6) is 17.2 Å². The van der Waals surface area contributed by atoms with Gasteiger partial charge in [0, 0.05) is 10.0 Å². The lowest BCUT2D eigenvalue weighted by molar-refractivity contribution is -0.122. The zero-order chi connectivity index (χ0) is 27.2. The first-order valence-electron chi connectivity index (χ1n) is 11.7. The molecule has 38 heavy (non-hydrogen) atoms. The van der Waals surface area contributed by atoms with Gasteiger partial charge < -0.3 is 14.2 Å². The van der Waals surface area contributed by atoms with Crippen molar-refractivity contribution in [3.63, 3.8) is 0 Å². The molecule has 1 heterocycles. The van der Waals surface area contributed by atoms with Crippen LogP contribution in [0.4, 0.5) is 10.5 Å². The second-order valence-corrected chi connectivity index (χ2v) is 10.2. The molecule has 0 spiro atoms. The Hall–Kier alpha value is -3.38. The Morgan fingerprint density at radius 3 is 2.45 bits per heavy atom. The minimum atomic E-state index is -0.817. The number of carbonyl (C=O) groups excluding carboxylic acids is 3. The van der Waals surface area contributed by atoms with E-state index in [2.05, 4.69) is 43.8 Å². The molecule has 0 atom stereocenters. The third-order valence-corrected chi connectivity index (χ3v) is 7.14. The van der Waals surface area contributed by atoms with Crippen LogP contribution in [-0.2, 0) is 16.2 Å². The molecule has 0 aromatic heterocycles. The molecule has 10 heteroatoms. The Morgan fingerprint density at radius 2 is 1.76 bits per heavy atom. The van der Waals surface area contributed by atoms with Crippen LogP contribution in [0, 0.1) is 3.57 Å². The molecule has 1 fully saturated rings. The van der Waals surface area contributed by atoms with Gasteiger partial charge in [0.1, 0.15) is 17.9 Å². The summed E-state index contributed by atoms with van der Waals surface area (Å²) in [7, 11) is 1.51. The molecule has 4 amide bonds. The lowest BCUT2D eigenvalue weighted by Crippen LogP contribution is -2.54. The molecule has 0 unspecified atom stereocenters. The Labute approximate surface area is 242 Å². The van der Waals surface area contributed by atoms with Crippen LogP contribution in [0.3, 0.4) is 0 Å². The van der Waals surface area contributed by atoms with Crippen molar-refractivity contribution in [2.75, 3.05) is 18.6 Å². The number of methoxy groups -OCH3 is 1. The number of halogens is 2. The molecule has 1 saturated heterocycles. The number of ether oxygens (including phenoxy) is 3. The Balaban J connectivity index is 1.60. The maximum atomic E-state index is 13.3. The van der Waals surface area contributed by atoms with Crippen molar-refractivity contribution < 1.29 is 28.6 Å². The number of urea groups is 1. The monoisotopic (exact) mass is 690 g/mol. The van der Waals surface area contributed by atoms with Crippen LogP contribution < -0.4 is 24.4 Å². The van der Waals surface area contributed by atoms with Gasteiger partial charge in [0.05, 0.1) is 23.0 Å². The van der Waals surface area contributed by atoms with E-state index in [0.717, 1.165) is 24.9 Å². The van der Waals surface area contributed by atoms with Gasteiger partial charge in [-0.05, 0) is 83.1 Å². The van der Waals surface area contributed by atoms with E-state index in [1.165, 1.54) is 13.2 Å². The number of hydrogen-bond acceptors (Lipinski definition) is 6. The Kier molecular flexibility index (Phi) is 9.05. The average Bonchev–Trinajstić information content (AvgIpc) is 2.90. The van der Waals surface area contributed by atoms with Crippen LogP contribution in [-0.4, -0.2) is 31.6 Å². The Morgan fingerprint density at radius 1 is 1.03 bits per heavy atom. The first-order valence-corrected chi connectivity index (χ1v) is 13.6. The molecule has 8 nitrogen and oxygen atoms in total. The average molecular weight is 691 g/mol. The predicted molar refractivity (Wildman–Crippen MR) is 155 cm³/mol. The minimum absolute atomic E-state index is 0.185. The van der Waals surface area contributed by atoms with Crippen LogP contribution in [0.15, 0.2) is 70.7 Å². The van der Waals surface area contributed by atoms with Gasteiger partial charge in [-0.25, -0.2) is 9.69 Å². The van der Waals surface area contributed by atoms with Crippen molar-refractivity contribution in [2.24, 2.45) is 0 Å². The summed E-state index contributed by atoms with van der Waals surface area (Å²) in [6.45, 7) is 2.87. The summed E-state index contributed by atoms with van der Waals surface area (Å²) in [4.78, 5) is 39.4. The molecular weight excluding hydrogens is 667 g/mol. The summed E-state index contributed by atoms with van der Waals surface area (Å²) in [5.74, 6) is 0.0881. The van der Waals surface area contributed by atoms with Crippen LogP contribution in [0.25, 0.3) is 6.08 Å². The maximum absolute atomic E-state index is 13.3. The number of rotatable bonds is 9. The highest BCUT2D eigenvalue weighted by Crippen LogP contribution is 2.36. The molecule has 1 aliphatic heterocycles. The molecule has 1 aliphatic rings. The molecule has 0 aliphatic carbocycles. The van der Waals surface area contributed by atoms with E-state index in [0.29, 0.717) is 41.7 Å². The number of nitrogens with one attached hydrogen (secondary N) is 1. The van der Waals surface area contributed by atoms with E-state index in [-0.39, 0.29) is 5.57 Å². The highest BCUT2D eigenvalue weighted by Gasteiger charge is 2.37. The number of nitrogens with zero attached hydrogens (tertiary/aromatic N) is 1. The maximum Gasteiger partial charge on any atom is 0.335 e. The molecule has 0 bridgehead atoms. The molecular formula is C28H24BrIN2O6. The zero-order valence-electron chi connectivity index (χ0n) is 20.6. The molecule has 3 aromatic rings. The van der Waals surface area contributed by atoms with Gasteiger partial charge in [-0.1, -0.05) is 41.1 Å². The van der Waals surface area contributed by atoms with Crippen molar-refractivity contribution in [3.05, 3.63) is 85.4 Å². The van der Waals surface area contributed by atoms with Crippen molar-refractivity contribution in [2.45, 2.75) is 20.0 Å². The van der Waals surface area contributed by atoms with Gasteiger partial charge in [0.15, 0.2) is 11.5 Å². The molecule has 1 N–H and O–H groups in total. The summed E-state index contributed by atoms with van der Waals surface area (Å²) >= 11 is 5.63. The van der Waals surface area contributed by atoms with Crippen LogP contribution in [0.2, 0.25) is 0 Å². The van der Waals surface area contributed by atoms with Crippen LogP contribution >= 0.6 is 38.5 Å². The number of anilines is 1. The fourth-order valence-corrected chi connectivity index (χ4v) is 4.88. The van der Waals surface area contributed by atoms with Gasteiger partial charge in [-0.2, -0.15) is 0 Å². The number of hydrogen-bond donors (Lipinski definition) is 1. The van der Waals surface area contributed by atoms with E-state index in [4.69, 9.17) is 14.2 Å². The summed E-state index contributed by atoms with van der Waals surface area (Å²) in [5.41, 5.74) is 1.64.